The topological polar surface area (TPSA) is 24.6 Å². The Kier molecular flexibility index (Phi) is 7.82. The van der Waals surface area contributed by atoms with Crippen molar-refractivity contribution in [3.05, 3.63) is 249 Å². The average Bonchev–Trinajstić information content (AvgIpc) is 4.22. The highest BCUT2D eigenvalue weighted by molar-refractivity contribution is 6.15. The summed E-state index contributed by atoms with van der Waals surface area (Å²) in [4.78, 5) is 0. The SMILES string of the molecule is c1cc(-n2c3ccccc3c3cc(-n4c5ccccc5c5ccccc54)ccc32)cc(-n2c3ccc(-n4c5ccccc5c5ccccc54)cc3c3cc(-n4c5ccccc5c5ccccc54)ccc32)c1. The van der Waals surface area contributed by atoms with Crippen molar-refractivity contribution in [3.8, 4) is 28.4 Å². The third kappa shape index (κ3) is 5.34. The van der Waals surface area contributed by atoms with Gasteiger partial charge in [-0.05, 0) is 115 Å². The fourth-order valence-corrected chi connectivity index (χ4v) is 12.3. The van der Waals surface area contributed by atoms with E-state index in [9.17, 15) is 0 Å². The maximum absolute atomic E-state index is 2.47. The standard InChI is InChI=1S/C66H41N5/c1-8-25-57-47(18-1)48-19-2-9-26-58(48)69(57)44-32-35-64-54(39-44)53-24-7-14-31-63(53)67(64)42-16-15-17-43(38-42)68-65-36-33-45(70-59-27-10-3-20-49(59)50-21-4-11-28-60(50)70)40-55(65)56-41-46(34-37-66(56)68)71-61-29-12-5-22-51(61)52-23-6-13-30-62(52)71/h1-41H. The predicted molar refractivity (Wildman–Crippen MR) is 298 cm³/mol. The van der Waals surface area contributed by atoms with Gasteiger partial charge in [0.25, 0.3) is 0 Å². The third-order valence-corrected chi connectivity index (χ3v) is 15.2. The van der Waals surface area contributed by atoms with E-state index in [1.54, 1.807) is 0 Å². The highest BCUT2D eigenvalue weighted by Crippen LogP contribution is 2.42. The van der Waals surface area contributed by atoms with Gasteiger partial charge in [-0.25, -0.2) is 0 Å². The molecular formula is C66H41N5. The lowest BCUT2D eigenvalue weighted by Crippen LogP contribution is -1.99. The van der Waals surface area contributed by atoms with Crippen LogP contribution in [0.1, 0.15) is 0 Å². The molecule has 0 spiro atoms. The van der Waals surface area contributed by atoms with Crippen LogP contribution in [0.15, 0.2) is 249 Å². The Hall–Kier alpha value is -9.58. The van der Waals surface area contributed by atoms with Crippen LogP contribution in [-0.4, -0.2) is 22.8 Å². The molecule has 5 heteroatoms. The molecule has 0 atom stereocenters. The number of aromatic nitrogens is 5. The molecule has 330 valence electrons. The molecule has 0 radical (unpaired) electrons. The molecule has 5 nitrogen and oxygen atoms in total. The van der Waals surface area contributed by atoms with Crippen LogP contribution in [0.3, 0.4) is 0 Å². The molecule has 0 aliphatic rings. The fraction of sp³-hybridized carbons (Fsp3) is 0. The van der Waals surface area contributed by atoms with Crippen molar-refractivity contribution in [2.24, 2.45) is 0 Å². The lowest BCUT2D eigenvalue weighted by atomic mass is 10.1. The number of nitrogens with zero attached hydrogens (tertiary/aromatic N) is 5. The van der Waals surface area contributed by atoms with Crippen molar-refractivity contribution in [2.45, 2.75) is 0 Å². The van der Waals surface area contributed by atoms with Crippen LogP contribution in [0.5, 0.6) is 0 Å². The maximum atomic E-state index is 2.47. The molecule has 0 saturated carbocycles. The van der Waals surface area contributed by atoms with E-state index in [-0.39, 0.29) is 0 Å². The zero-order valence-corrected chi connectivity index (χ0v) is 38.4. The number of fused-ring (bicyclic) bond motifs is 15. The average molecular weight is 904 g/mol. The van der Waals surface area contributed by atoms with Crippen molar-refractivity contribution < 1.29 is 0 Å². The fourth-order valence-electron chi connectivity index (χ4n) is 12.3. The zero-order valence-electron chi connectivity index (χ0n) is 38.4. The first-order valence-electron chi connectivity index (χ1n) is 24.4. The van der Waals surface area contributed by atoms with Crippen molar-refractivity contribution in [1.82, 2.24) is 22.8 Å². The highest BCUT2D eigenvalue weighted by Gasteiger charge is 2.21. The molecule has 71 heavy (non-hydrogen) atoms. The molecule has 0 fully saturated rings. The first-order valence-corrected chi connectivity index (χ1v) is 24.4. The van der Waals surface area contributed by atoms with E-state index in [1.165, 1.54) is 98.0 Å². The normalized spacial score (nSPS) is 12.2. The summed E-state index contributed by atoms with van der Waals surface area (Å²) >= 11 is 0. The van der Waals surface area contributed by atoms with Gasteiger partial charge in [-0.15, -0.1) is 0 Å². The minimum absolute atomic E-state index is 1.10. The van der Waals surface area contributed by atoms with Gasteiger partial charge in [0.1, 0.15) is 0 Å². The maximum Gasteiger partial charge on any atom is 0.0542 e. The number of rotatable bonds is 5. The molecule has 5 heterocycles. The lowest BCUT2D eigenvalue weighted by molar-refractivity contribution is 1.13. The van der Waals surface area contributed by atoms with Crippen LogP contribution in [0.4, 0.5) is 0 Å². The molecule has 5 aromatic heterocycles. The van der Waals surface area contributed by atoms with E-state index >= 15 is 0 Å². The summed E-state index contributed by atoms with van der Waals surface area (Å²) in [5.41, 5.74) is 17.5. The van der Waals surface area contributed by atoms with Crippen LogP contribution in [-0.2, 0) is 0 Å². The van der Waals surface area contributed by atoms with Gasteiger partial charge in [0, 0.05) is 82.3 Å². The molecule has 0 unspecified atom stereocenters. The number of hydrogen-bond acceptors (Lipinski definition) is 0. The lowest BCUT2D eigenvalue weighted by Gasteiger charge is -2.14. The second-order valence-electron chi connectivity index (χ2n) is 18.9. The monoisotopic (exact) mass is 903 g/mol. The largest absolute Gasteiger partial charge is 0.309 e. The van der Waals surface area contributed by atoms with E-state index < -0.39 is 0 Å². The summed E-state index contributed by atoms with van der Waals surface area (Å²) in [5.74, 6) is 0. The zero-order chi connectivity index (χ0) is 46.3. The Labute approximate surface area is 407 Å². The molecule has 11 aromatic carbocycles. The van der Waals surface area contributed by atoms with E-state index in [1.807, 2.05) is 0 Å². The molecule has 0 aliphatic heterocycles. The van der Waals surface area contributed by atoms with Gasteiger partial charge < -0.3 is 22.8 Å². The molecular weight excluding hydrogens is 863 g/mol. The van der Waals surface area contributed by atoms with E-state index in [2.05, 4.69) is 272 Å². The molecule has 0 aliphatic carbocycles. The van der Waals surface area contributed by atoms with Gasteiger partial charge in [-0.1, -0.05) is 133 Å². The number of para-hydroxylation sites is 7. The molecule has 16 aromatic rings. The Morgan fingerprint density at radius 1 is 0.141 bits per heavy atom. The Morgan fingerprint density at radius 2 is 0.338 bits per heavy atom. The predicted octanol–water partition coefficient (Wildman–Crippen LogP) is 17.2. The third-order valence-electron chi connectivity index (χ3n) is 15.2. The summed E-state index contributed by atoms with van der Waals surface area (Å²) in [6.07, 6.45) is 0. The van der Waals surface area contributed by atoms with E-state index in [0.717, 1.165) is 39.5 Å². The van der Waals surface area contributed by atoms with Gasteiger partial charge in [-0.2, -0.15) is 0 Å². The summed E-state index contributed by atoms with van der Waals surface area (Å²) in [5, 5.41) is 12.4. The highest BCUT2D eigenvalue weighted by atomic mass is 15.0. The van der Waals surface area contributed by atoms with E-state index in [0.29, 0.717) is 0 Å². The molecule has 0 saturated heterocycles. The van der Waals surface area contributed by atoms with E-state index in [4.69, 9.17) is 0 Å². The number of benzene rings is 11. The first kappa shape index (κ1) is 38.4. The van der Waals surface area contributed by atoms with Gasteiger partial charge in [0.2, 0.25) is 0 Å². The molecule has 0 bridgehead atoms. The first-order chi connectivity index (χ1) is 35.2. The second-order valence-corrected chi connectivity index (χ2v) is 18.9. The van der Waals surface area contributed by atoms with Gasteiger partial charge in [-0.3, -0.25) is 0 Å². The smallest absolute Gasteiger partial charge is 0.0542 e. The van der Waals surface area contributed by atoms with Crippen molar-refractivity contribution >= 4 is 109 Å². The summed E-state index contributed by atoms with van der Waals surface area (Å²) in [6.45, 7) is 0. The van der Waals surface area contributed by atoms with Gasteiger partial charge in [0.05, 0.1) is 55.2 Å². The summed E-state index contributed by atoms with van der Waals surface area (Å²) < 4.78 is 12.2. The number of hydrogen-bond donors (Lipinski definition) is 0. The van der Waals surface area contributed by atoms with Crippen molar-refractivity contribution in [3.63, 3.8) is 0 Å². The second kappa shape index (κ2) is 14.5. The minimum atomic E-state index is 1.10. The summed E-state index contributed by atoms with van der Waals surface area (Å²) in [6, 6.07) is 91.6. The van der Waals surface area contributed by atoms with Crippen LogP contribution in [0, 0.1) is 0 Å². The van der Waals surface area contributed by atoms with Crippen LogP contribution in [0.25, 0.3) is 137 Å². The molecule has 16 rings (SSSR count). The Morgan fingerprint density at radius 3 is 0.606 bits per heavy atom. The Balaban J connectivity index is 0.926. The van der Waals surface area contributed by atoms with Crippen LogP contribution < -0.4 is 0 Å². The van der Waals surface area contributed by atoms with Crippen LogP contribution >= 0.6 is 0 Å². The van der Waals surface area contributed by atoms with Gasteiger partial charge in [0.15, 0.2) is 0 Å². The molecule has 0 N–H and O–H groups in total. The Bertz CT molecular complexity index is 4560. The minimum Gasteiger partial charge on any atom is -0.309 e. The van der Waals surface area contributed by atoms with Crippen molar-refractivity contribution in [2.75, 3.05) is 0 Å². The van der Waals surface area contributed by atoms with Gasteiger partial charge >= 0.3 is 0 Å². The molecule has 0 amide bonds. The quantitative estimate of drug-likeness (QED) is 0.164. The van der Waals surface area contributed by atoms with Crippen LogP contribution in [0.2, 0.25) is 0 Å². The van der Waals surface area contributed by atoms with Crippen molar-refractivity contribution in [1.29, 1.82) is 0 Å². The summed E-state index contributed by atoms with van der Waals surface area (Å²) in [7, 11) is 0.